The van der Waals surface area contributed by atoms with Crippen molar-refractivity contribution in [1.29, 1.82) is 0 Å². The van der Waals surface area contributed by atoms with Crippen molar-refractivity contribution in [3.8, 4) is 0 Å². The van der Waals surface area contributed by atoms with Crippen molar-refractivity contribution in [3.05, 3.63) is 0 Å². The molecule has 0 unspecified atom stereocenters. The summed E-state index contributed by atoms with van der Waals surface area (Å²) in [5.41, 5.74) is 13.6. The Balaban J connectivity index is 2.65. The van der Waals surface area contributed by atoms with Crippen LogP contribution in [0.1, 0.15) is 0 Å². The first-order valence-electron chi connectivity index (χ1n) is 3.64. The van der Waals surface area contributed by atoms with Gasteiger partial charge in [0, 0.05) is 39.3 Å². The van der Waals surface area contributed by atoms with Gasteiger partial charge in [-0.2, -0.15) is 0 Å². The molecule has 0 amide bonds. The molecule has 0 heterocycles. The maximum absolute atomic E-state index is 8.37. The summed E-state index contributed by atoms with van der Waals surface area (Å²) in [6.45, 7) is 4.22. The van der Waals surface area contributed by atoms with Gasteiger partial charge in [-0.3, -0.25) is 0 Å². The summed E-state index contributed by atoms with van der Waals surface area (Å²) in [6.07, 6.45) is 0. The van der Waals surface area contributed by atoms with E-state index in [1.54, 1.807) is 0 Å². The van der Waals surface area contributed by atoms with Crippen molar-refractivity contribution in [2.45, 2.75) is 0 Å². The van der Waals surface area contributed by atoms with Crippen LogP contribution in [-0.2, 0) is 0 Å². The molecule has 0 aromatic carbocycles. The van der Waals surface area contributed by atoms with Gasteiger partial charge in [0.2, 0.25) is 0 Å². The second-order valence-corrected chi connectivity index (χ2v) is 2.01. The molecule has 0 spiro atoms. The van der Waals surface area contributed by atoms with E-state index in [0.717, 1.165) is 19.6 Å². The van der Waals surface area contributed by atoms with Gasteiger partial charge in [-0.05, 0) is 0 Å². The smallest absolute Gasteiger partial charge is 0.0446 e. The molecule has 4 nitrogen and oxygen atoms in total. The Hall–Kier alpha value is -0.160. The van der Waals surface area contributed by atoms with Crippen LogP contribution in [0.2, 0.25) is 0 Å². The van der Waals surface area contributed by atoms with Gasteiger partial charge in [-0.15, -0.1) is 5.73 Å². The third kappa shape index (κ3) is 7.84. The van der Waals surface area contributed by atoms with Crippen LogP contribution in [0.4, 0.5) is 0 Å². The number of nitrogens with one attached hydrogen (secondary N) is 2. The first-order chi connectivity index (χ1) is 4.91. The predicted molar refractivity (Wildman–Crippen MR) is 41.8 cm³/mol. The van der Waals surface area contributed by atoms with E-state index in [1.165, 1.54) is 0 Å². The molecule has 0 fully saturated rings. The summed E-state index contributed by atoms with van der Waals surface area (Å²) in [5.74, 6) is 0. The van der Waals surface area contributed by atoms with Gasteiger partial charge < -0.3 is 16.4 Å². The molecule has 0 atom stereocenters. The molecule has 2 radical (unpaired) electrons. The third-order valence-corrected chi connectivity index (χ3v) is 1.09. The van der Waals surface area contributed by atoms with Crippen LogP contribution in [-0.4, -0.2) is 39.3 Å². The van der Waals surface area contributed by atoms with Gasteiger partial charge in [-0.25, -0.2) is 0 Å². The molecule has 10 heavy (non-hydrogen) atoms. The Morgan fingerprint density at radius 1 is 1.00 bits per heavy atom. The van der Waals surface area contributed by atoms with Crippen LogP contribution < -0.4 is 22.1 Å². The molecule has 4 heteroatoms. The Labute approximate surface area is 62.3 Å². The van der Waals surface area contributed by atoms with Gasteiger partial charge in [0.1, 0.15) is 0 Å². The molecule has 0 aliphatic carbocycles. The van der Waals surface area contributed by atoms with Gasteiger partial charge >= 0.3 is 0 Å². The summed E-state index contributed by atoms with van der Waals surface area (Å²) < 4.78 is 0. The van der Waals surface area contributed by atoms with Crippen LogP contribution in [0.25, 0.3) is 0 Å². The van der Waals surface area contributed by atoms with Crippen molar-refractivity contribution in [2.24, 2.45) is 5.73 Å². The van der Waals surface area contributed by atoms with E-state index in [2.05, 4.69) is 10.6 Å². The second-order valence-electron chi connectivity index (χ2n) is 2.01. The Morgan fingerprint density at radius 3 is 2.10 bits per heavy atom. The van der Waals surface area contributed by atoms with Gasteiger partial charge in [0.25, 0.3) is 0 Å². The standard InChI is InChI=1S/C6H16N4/c7-1-3-9-5-6-10-4-2-8/h9-10H,1-7H2. The highest BCUT2D eigenvalue weighted by Gasteiger charge is 1.84. The number of hydrogen-bond acceptors (Lipinski definition) is 3. The first-order valence-corrected chi connectivity index (χ1v) is 3.64. The van der Waals surface area contributed by atoms with Gasteiger partial charge in [0.15, 0.2) is 0 Å². The molecule has 0 aromatic heterocycles. The monoisotopic (exact) mass is 144 g/mol. The largest absolute Gasteiger partial charge is 0.329 e. The minimum Gasteiger partial charge on any atom is -0.329 e. The Morgan fingerprint density at radius 2 is 1.60 bits per heavy atom. The highest BCUT2D eigenvalue weighted by molar-refractivity contribution is 4.51. The molecule has 0 saturated heterocycles. The fourth-order valence-electron chi connectivity index (χ4n) is 0.608. The molecule has 0 rings (SSSR count). The number of nitrogens with two attached hydrogens (primary N) is 1. The zero-order valence-corrected chi connectivity index (χ0v) is 6.27. The lowest BCUT2D eigenvalue weighted by Crippen LogP contribution is -2.31. The lowest BCUT2D eigenvalue weighted by molar-refractivity contribution is 0.616. The molecular weight excluding hydrogens is 128 g/mol. The van der Waals surface area contributed by atoms with E-state index >= 15 is 0 Å². The van der Waals surface area contributed by atoms with Crippen molar-refractivity contribution in [2.75, 3.05) is 39.3 Å². The minimum atomic E-state index is 0.205. The zero-order chi connectivity index (χ0) is 7.66. The Bertz CT molecular complexity index is 49.7. The lowest BCUT2D eigenvalue weighted by Gasteiger charge is -2.02. The first kappa shape index (κ1) is 9.84. The lowest BCUT2D eigenvalue weighted by atomic mass is 10.5. The third-order valence-electron chi connectivity index (χ3n) is 1.09. The summed E-state index contributed by atoms with van der Waals surface area (Å²) in [5, 5.41) is 6.17. The van der Waals surface area contributed by atoms with Crippen LogP contribution in [0.15, 0.2) is 0 Å². The van der Waals surface area contributed by atoms with Crippen LogP contribution in [0.5, 0.6) is 0 Å². The molecule has 0 saturated carbocycles. The fourth-order valence-corrected chi connectivity index (χ4v) is 0.608. The summed E-state index contributed by atoms with van der Waals surface area (Å²) >= 11 is 0. The van der Waals surface area contributed by atoms with E-state index in [1.807, 2.05) is 0 Å². The summed E-state index contributed by atoms with van der Waals surface area (Å²) in [4.78, 5) is 0. The van der Waals surface area contributed by atoms with E-state index in [9.17, 15) is 0 Å². The highest BCUT2D eigenvalue weighted by atomic mass is 14.9. The highest BCUT2D eigenvalue weighted by Crippen LogP contribution is 1.57. The molecule has 0 aromatic rings. The summed E-state index contributed by atoms with van der Waals surface area (Å²) in [7, 11) is 0. The number of rotatable bonds is 7. The quantitative estimate of drug-likeness (QED) is 0.369. The fraction of sp³-hybridized carbons (Fsp3) is 1.00. The van der Waals surface area contributed by atoms with Crippen LogP contribution >= 0.6 is 0 Å². The normalized spacial score (nSPS) is 10.2. The molecule has 4 N–H and O–H groups in total. The van der Waals surface area contributed by atoms with Crippen molar-refractivity contribution in [3.63, 3.8) is 0 Å². The SMILES string of the molecule is [N]CCNCCNCCN. The molecule has 60 valence electrons. The molecule has 0 aliphatic heterocycles. The second kappa shape index (κ2) is 8.84. The van der Waals surface area contributed by atoms with E-state index in [0.29, 0.717) is 13.1 Å². The van der Waals surface area contributed by atoms with E-state index in [-0.39, 0.29) is 6.54 Å². The summed E-state index contributed by atoms with van der Waals surface area (Å²) in [6, 6.07) is 0. The molecule has 0 aliphatic rings. The predicted octanol–water partition coefficient (Wildman–Crippen LogP) is -1.81. The number of nitrogens with zero attached hydrogens (tertiary/aromatic N) is 1. The zero-order valence-electron chi connectivity index (χ0n) is 6.27. The topological polar surface area (TPSA) is 72.4 Å². The van der Waals surface area contributed by atoms with Crippen molar-refractivity contribution >= 4 is 0 Å². The van der Waals surface area contributed by atoms with Crippen molar-refractivity contribution in [1.82, 2.24) is 16.4 Å². The number of hydrogen-bond donors (Lipinski definition) is 3. The van der Waals surface area contributed by atoms with Gasteiger partial charge in [-0.1, -0.05) is 0 Å². The maximum atomic E-state index is 8.37. The average molecular weight is 144 g/mol. The van der Waals surface area contributed by atoms with Crippen molar-refractivity contribution < 1.29 is 0 Å². The molecular formula is C6H16N4. The van der Waals surface area contributed by atoms with E-state index in [4.69, 9.17) is 11.5 Å². The Kier molecular flexibility index (Phi) is 8.70. The molecule has 0 bridgehead atoms. The maximum Gasteiger partial charge on any atom is 0.0446 e. The van der Waals surface area contributed by atoms with Crippen LogP contribution in [0.3, 0.4) is 0 Å². The van der Waals surface area contributed by atoms with E-state index < -0.39 is 0 Å². The van der Waals surface area contributed by atoms with Crippen LogP contribution in [0, 0.1) is 0 Å². The average Bonchev–Trinajstić information content (AvgIpc) is 1.97. The minimum absolute atomic E-state index is 0.205. The van der Waals surface area contributed by atoms with Gasteiger partial charge in [0.05, 0.1) is 0 Å².